The molecule has 286 valence electrons. The number of nitrogens with zero attached hydrogens (tertiary/aromatic N) is 1. The van der Waals surface area contributed by atoms with Crippen molar-refractivity contribution in [3.63, 3.8) is 0 Å². The monoisotopic (exact) mass is 785 g/mol. The van der Waals surface area contributed by atoms with Crippen LogP contribution in [0, 0.1) is 0 Å². The lowest BCUT2D eigenvalue weighted by atomic mass is 9.82. The van der Waals surface area contributed by atoms with Crippen LogP contribution in [0.25, 0.3) is 33.4 Å². The quantitative estimate of drug-likeness (QED) is 0.149. The van der Waals surface area contributed by atoms with Gasteiger partial charge in [-0.15, -0.1) is 0 Å². The van der Waals surface area contributed by atoms with Crippen molar-refractivity contribution in [3.05, 3.63) is 236 Å². The van der Waals surface area contributed by atoms with E-state index in [9.17, 15) is 0 Å². The highest BCUT2D eigenvalue weighted by Crippen LogP contribution is 2.51. The smallest absolute Gasteiger partial charge is 0.188 e. The molecule has 1 heterocycles. The van der Waals surface area contributed by atoms with Crippen LogP contribution in [0.3, 0.4) is 0 Å². The van der Waals surface area contributed by atoms with E-state index in [1.165, 1.54) is 54.1 Å². The zero-order chi connectivity index (χ0) is 40.3. The molecule has 2 nitrogen and oxygen atoms in total. The molecule has 11 rings (SSSR count). The number of benzene rings is 9. The molecule has 9 aromatic carbocycles. The van der Waals surface area contributed by atoms with Gasteiger partial charge in [0.15, 0.2) is 8.07 Å². The Kier molecular flexibility index (Phi) is 8.54. The second kappa shape index (κ2) is 14.3. The first-order valence-corrected chi connectivity index (χ1v) is 22.8. The zero-order valence-electron chi connectivity index (χ0n) is 33.7. The van der Waals surface area contributed by atoms with Crippen LogP contribution in [-0.4, -0.2) is 8.07 Å². The van der Waals surface area contributed by atoms with E-state index in [-0.39, 0.29) is 5.41 Å². The van der Waals surface area contributed by atoms with E-state index in [1.54, 1.807) is 0 Å². The Morgan fingerprint density at radius 3 is 1.57 bits per heavy atom. The van der Waals surface area contributed by atoms with Gasteiger partial charge in [0.25, 0.3) is 0 Å². The van der Waals surface area contributed by atoms with Gasteiger partial charge in [-0.1, -0.05) is 196 Å². The standard InChI is InChI=1S/C57H43NOSi/c1-57(2)51-25-13-12-23-49(51)50-38-37-45(39-52(50)57)58(43-33-29-41(30-34-43)40-17-6-3-7-18-40)44-35-31-42(32-36-44)48-24-16-28-55-56(48)59-53-26-14-15-27-54(53)60(55,46-19-8-4-9-20-46)47-21-10-5-11-22-47/h3-39H,1-2H3. The molecule has 0 radical (unpaired) electrons. The molecular weight excluding hydrogens is 743 g/mol. The molecule has 0 bridgehead atoms. The van der Waals surface area contributed by atoms with Crippen molar-refractivity contribution in [2.45, 2.75) is 19.3 Å². The minimum atomic E-state index is -2.76. The van der Waals surface area contributed by atoms with Gasteiger partial charge in [0.1, 0.15) is 11.5 Å². The molecule has 0 atom stereocenters. The number of para-hydroxylation sites is 2. The van der Waals surface area contributed by atoms with Crippen LogP contribution in [0.2, 0.25) is 0 Å². The van der Waals surface area contributed by atoms with Gasteiger partial charge >= 0.3 is 0 Å². The van der Waals surface area contributed by atoms with Gasteiger partial charge < -0.3 is 9.64 Å². The Hall–Kier alpha value is -7.20. The average Bonchev–Trinajstić information content (AvgIpc) is 3.54. The third kappa shape index (κ3) is 5.61. The fourth-order valence-electron chi connectivity index (χ4n) is 9.96. The Balaban J connectivity index is 1.05. The second-order valence-corrected chi connectivity index (χ2v) is 20.2. The van der Waals surface area contributed by atoms with Crippen molar-refractivity contribution in [2.24, 2.45) is 0 Å². The number of hydrogen-bond donors (Lipinski definition) is 0. The van der Waals surface area contributed by atoms with Gasteiger partial charge in [-0.05, 0) is 102 Å². The van der Waals surface area contributed by atoms with Crippen LogP contribution in [-0.2, 0) is 5.41 Å². The fourth-order valence-corrected chi connectivity index (χ4v) is 14.9. The number of hydrogen-bond acceptors (Lipinski definition) is 2. The summed E-state index contributed by atoms with van der Waals surface area (Å²) >= 11 is 0. The van der Waals surface area contributed by atoms with Crippen molar-refractivity contribution in [1.29, 1.82) is 0 Å². The maximum absolute atomic E-state index is 7.04. The Morgan fingerprint density at radius 1 is 0.383 bits per heavy atom. The van der Waals surface area contributed by atoms with Crippen molar-refractivity contribution < 1.29 is 4.74 Å². The lowest BCUT2D eigenvalue weighted by molar-refractivity contribution is 0.489. The average molecular weight is 786 g/mol. The van der Waals surface area contributed by atoms with Crippen LogP contribution in [0.15, 0.2) is 224 Å². The van der Waals surface area contributed by atoms with Gasteiger partial charge in [0.05, 0.1) is 0 Å². The van der Waals surface area contributed by atoms with E-state index in [0.717, 1.165) is 39.7 Å². The molecular formula is C57H43NOSi. The van der Waals surface area contributed by atoms with Crippen molar-refractivity contribution in [2.75, 3.05) is 4.90 Å². The third-order valence-electron chi connectivity index (χ3n) is 12.8. The van der Waals surface area contributed by atoms with Crippen molar-refractivity contribution in [1.82, 2.24) is 0 Å². The molecule has 0 aromatic heterocycles. The van der Waals surface area contributed by atoms with Crippen molar-refractivity contribution >= 4 is 45.9 Å². The van der Waals surface area contributed by atoms with Crippen LogP contribution in [0.1, 0.15) is 25.0 Å². The maximum atomic E-state index is 7.04. The molecule has 0 fully saturated rings. The summed E-state index contributed by atoms with van der Waals surface area (Å²) in [6.45, 7) is 4.70. The van der Waals surface area contributed by atoms with E-state index < -0.39 is 8.07 Å². The van der Waals surface area contributed by atoms with E-state index in [4.69, 9.17) is 4.74 Å². The van der Waals surface area contributed by atoms with Crippen LogP contribution in [0.4, 0.5) is 17.1 Å². The predicted octanol–water partition coefficient (Wildman–Crippen LogP) is 12.3. The van der Waals surface area contributed by atoms with Crippen LogP contribution in [0.5, 0.6) is 11.5 Å². The highest BCUT2D eigenvalue weighted by molar-refractivity contribution is 7.20. The largest absolute Gasteiger partial charge is 0.457 e. The van der Waals surface area contributed by atoms with E-state index in [1.807, 2.05) is 0 Å². The molecule has 0 N–H and O–H groups in total. The highest BCUT2D eigenvalue weighted by Gasteiger charge is 2.48. The summed E-state index contributed by atoms with van der Waals surface area (Å²) in [5.74, 6) is 1.87. The van der Waals surface area contributed by atoms with E-state index >= 15 is 0 Å². The molecule has 3 heteroatoms. The first-order chi connectivity index (χ1) is 29.5. The van der Waals surface area contributed by atoms with Crippen molar-refractivity contribution in [3.8, 4) is 44.9 Å². The Morgan fingerprint density at radius 2 is 0.883 bits per heavy atom. The number of rotatable bonds is 7. The number of fused-ring (bicyclic) bond motifs is 5. The van der Waals surface area contributed by atoms with Crippen LogP contribution >= 0.6 is 0 Å². The number of ether oxygens (including phenoxy) is 1. The predicted molar refractivity (Wildman–Crippen MR) is 253 cm³/mol. The Bertz CT molecular complexity index is 2970. The minimum absolute atomic E-state index is 0.113. The molecule has 0 unspecified atom stereocenters. The van der Waals surface area contributed by atoms with Gasteiger partial charge in [-0.25, -0.2) is 0 Å². The molecule has 2 aliphatic rings. The molecule has 9 aromatic rings. The van der Waals surface area contributed by atoms with Gasteiger partial charge in [-0.2, -0.15) is 0 Å². The summed E-state index contributed by atoms with van der Waals surface area (Å²) < 4.78 is 7.04. The topological polar surface area (TPSA) is 12.5 Å². The normalized spacial score (nSPS) is 13.9. The van der Waals surface area contributed by atoms with E-state index in [2.05, 4.69) is 243 Å². The summed E-state index contributed by atoms with van der Waals surface area (Å²) in [6.07, 6.45) is 0. The molecule has 1 aliphatic heterocycles. The third-order valence-corrected chi connectivity index (χ3v) is 17.7. The van der Waals surface area contributed by atoms with E-state index in [0.29, 0.717) is 0 Å². The first kappa shape index (κ1) is 35.9. The maximum Gasteiger partial charge on any atom is 0.188 e. The number of anilines is 3. The molecule has 60 heavy (non-hydrogen) atoms. The summed E-state index contributed by atoms with van der Waals surface area (Å²) in [5.41, 5.74) is 13.2. The molecule has 0 saturated carbocycles. The lowest BCUT2D eigenvalue weighted by Crippen LogP contribution is -2.76. The molecule has 0 saturated heterocycles. The van der Waals surface area contributed by atoms with Gasteiger partial charge in [0, 0.05) is 28.0 Å². The molecule has 0 amide bonds. The zero-order valence-corrected chi connectivity index (χ0v) is 34.7. The van der Waals surface area contributed by atoms with Gasteiger partial charge in [-0.3, -0.25) is 0 Å². The highest BCUT2D eigenvalue weighted by atomic mass is 28.3. The molecule has 1 aliphatic carbocycles. The van der Waals surface area contributed by atoms with Crippen LogP contribution < -0.4 is 30.4 Å². The first-order valence-electron chi connectivity index (χ1n) is 20.8. The summed E-state index contributed by atoms with van der Waals surface area (Å²) in [4.78, 5) is 2.40. The summed E-state index contributed by atoms with van der Waals surface area (Å²) in [7, 11) is -2.76. The minimum Gasteiger partial charge on any atom is -0.457 e. The second-order valence-electron chi connectivity index (χ2n) is 16.5. The summed E-state index contributed by atoms with van der Waals surface area (Å²) in [6, 6.07) is 82.1. The SMILES string of the molecule is CC1(C)c2ccccc2-c2ccc(N(c3ccc(-c4ccccc4)cc3)c3ccc(-c4cccc5c4Oc4ccccc4[Si]5(c4ccccc4)c4ccccc4)cc3)cc21. The summed E-state index contributed by atoms with van der Waals surface area (Å²) in [5, 5.41) is 5.23. The fraction of sp³-hybridized carbons (Fsp3) is 0.0526. The lowest BCUT2D eigenvalue weighted by Gasteiger charge is -2.40. The van der Waals surface area contributed by atoms with Gasteiger partial charge in [0.2, 0.25) is 0 Å². The molecule has 0 spiro atoms. The Labute approximate surface area is 353 Å².